The molecule has 1 fully saturated rings. The Morgan fingerprint density at radius 1 is 0.939 bits per heavy atom. The highest BCUT2D eigenvalue weighted by atomic mass is 16.5. The number of piperazine rings is 1. The van der Waals surface area contributed by atoms with Crippen LogP contribution in [-0.2, 0) is 16.1 Å². The normalized spacial score (nSPS) is 15.9. The number of methoxy groups -OCH3 is 1. The van der Waals surface area contributed by atoms with Crippen LogP contribution in [0, 0.1) is 0 Å². The predicted molar refractivity (Wildman–Crippen MR) is 132 cm³/mol. The molecule has 1 heterocycles. The largest absolute Gasteiger partial charge is 0.497 e. The van der Waals surface area contributed by atoms with Crippen LogP contribution in [0.4, 0.5) is 5.69 Å². The van der Waals surface area contributed by atoms with Crippen molar-refractivity contribution in [3.8, 4) is 5.75 Å². The monoisotopic (exact) mass is 447 g/mol. The van der Waals surface area contributed by atoms with Gasteiger partial charge in [-0.1, -0.05) is 36.4 Å². The lowest BCUT2D eigenvalue weighted by molar-refractivity contribution is -0.145. The van der Waals surface area contributed by atoms with Crippen molar-refractivity contribution in [3.05, 3.63) is 71.8 Å². The molecule has 0 spiro atoms. The number of esters is 1. The molecule has 0 unspecified atom stereocenters. The van der Waals surface area contributed by atoms with Gasteiger partial charge in [-0.3, -0.25) is 14.6 Å². The molecule has 6 heteroatoms. The van der Waals surface area contributed by atoms with E-state index in [0.29, 0.717) is 6.61 Å². The molecule has 0 amide bonds. The lowest BCUT2D eigenvalue weighted by Crippen LogP contribution is -2.46. The summed E-state index contributed by atoms with van der Waals surface area (Å²) in [5.41, 5.74) is 8.82. The van der Waals surface area contributed by atoms with Gasteiger partial charge in [0.1, 0.15) is 12.4 Å². The number of anilines is 1. The zero-order valence-electron chi connectivity index (χ0n) is 19.5. The van der Waals surface area contributed by atoms with Gasteiger partial charge in [-0.2, -0.15) is 0 Å². The number of carbonyl (C=O) groups excluding carboxylic acids is 1. The van der Waals surface area contributed by atoms with Crippen LogP contribution in [0.15, 0.2) is 60.7 Å². The van der Waals surface area contributed by atoms with Crippen LogP contribution < -0.4 is 10.5 Å². The predicted octanol–water partition coefficient (Wildman–Crippen LogP) is 3.90. The van der Waals surface area contributed by atoms with Crippen LogP contribution in [0.2, 0.25) is 0 Å². The minimum Gasteiger partial charge on any atom is -0.497 e. The molecule has 0 bridgehead atoms. The first kappa shape index (κ1) is 23.1. The quantitative estimate of drug-likeness (QED) is 0.417. The van der Waals surface area contributed by atoms with Gasteiger partial charge in [-0.25, -0.2) is 0 Å². The van der Waals surface area contributed by atoms with E-state index in [1.165, 1.54) is 5.56 Å². The summed E-state index contributed by atoms with van der Waals surface area (Å²) in [5, 5.41) is 2.18. The molecule has 4 rings (SSSR count). The summed E-state index contributed by atoms with van der Waals surface area (Å²) >= 11 is 0. The number of nitrogens with two attached hydrogens (primary N) is 1. The van der Waals surface area contributed by atoms with Gasteiger partial charge < -0.3 is 15.2 Å². The highest BCUT2D eigenvalue weighted by molar-refractivity contribution is 5.86. The standard InChI is InChI=1S/C27H33N3O3/c1-20(22-5-6-24-18-26(32-2)10-7-23(24)17-22)27(31)33-16-15-29-11-13-30(14-12-29)19-21-3-8-25(28)9-4-21/h3-10,17-18,20H,11-16,19,28H2,1-2H3/t20-/m0/s1. The topological polar surface area (TPSA) is 68.0 Å². The van der Waals surface area contributed by atoms with E-state index in [2.05, 4.69) is 28.0 Å². The molecule has 1 atom stereocenters. The Kier molecular flexibility index (Phi) is 7.47. The van der Waals surface area contributed by atoms with E-state index in [1.54, 1.807) is 7.11 Å². The zero-order chi connectivity index (χ0) is 23.2. The van der Waals surface area contributed by atoms with Gasteiger partial charge >= 0.3 is 5.97 Å². The van der Waals surface area contributed by atoms with Crippen molar-refractivity contribution in [2.45, 2.75) is 19.4 Å². The number of carbonyl (C=O) groups is 1. The van der Waals surface area contributed by atoms with Crippen molar-refractivity contribution in [2.24, 2.45) is 0 Å². The lowest BCUT2D eigenvalue weighted by Gasteiger charge is -2.34. The van der Waals surface area contributed by atoms with Gasteiger partial charge in [-0.15, -0.1) is 0 Å². The molecule has 3 aromatic carbocycles. The van der Waals surface area contributed by atoms with E-state index in [-0.39, 0.29) is 11.9 Å². The first-order valence-corrected chi connectivity index (χ1v) is 11.6. The Hall–Kier alpha value is -3.09. The fourth-order valence-electron chi connectivity index (χ4n) is 4.23. The van der Waals surface area contributed by atoms with Crippen molar-refractivity contribution in [1.29, 1.82) is 0 Å². The van der Waals surface area contributed by atoms with Crippen molar-refractivity contribution in [3.63, 3.8) is 0 Å². The zero-order valence-corrected chi connectivity index (χ0v) is 19.5. The van der Waals surface area contributed by atoms with Crippen LogP contribution in [-0.4, -0.2) is 62.2 Å². The van der Waals surface area contributed by atoms with Gasteiger partial charge in [0.2, 0.25) is 0 Å². The lowest BCUT2D eigenvalue weighted by atomic mass is 9.98. The SMILES string of the molecule is COc1ccc2cc([C@H](C)C(=O)OCCN3CCN(Cc4ccc(N)cc4)CC3)ccc2c1. The summed E-state index contributed by atoms with van der Waals surface area (Å²) in [7, 11) is 1.66. The van der Waals surface area contributed by atoms with Gasteiger partial charge in [0.05, 0.1) is 13.0 Å². The number of ether oxygens (including phenoxy) is 2. The molecule has 6 nitrogen and oxygen atoms in total. The van der Waals surface area contributed by atoms with E-state index in [1.807, 2.05) is 49.4 Å². The molecule has 1 aliphatic rings. The highest BCUT2D eigenvalue weighted by Gasteiger charge is 2.20. The number of nitrogen functional groups attached to an aromatic ring is 1. The summed E-state index contributed by atoms with van der Waals surface area (Å²) in [6.45, 7) is 8.03. The molecular formula is C27H33N3O3. The van der Waals surface area contributed by atoms with Crippen LogP contribution in [0.25, 0.3) is 10.8 Å². The fourth-order valence-corrected chi connectivity index (χ4v) is 4.23. The average Bonchev–Trinajstić information content (AvgIpc) is 2.85. The summed E-state index contributed by atoms with van der Waals surface area (Å²) < 4.78 is 10.9. The second kappa shape index (κ2) is 10.7. The van der Waals surface area contributed by atoms with Crippen molar-refractivity contribution < 1.29 is 14.3 Å². The molecule has 0 aromatic heterocycles. The second-order valence-electron chi connectivity index (χ2n) is 8.72. The Morgan fingerprint density at radius 2 is 1.61 bits per heavy atom. The van der Waals surface area contributed by atoms with E-state index in [4.69, 9.17) is 15.2 Å². The fraction of sp³-hybridized carbons (Fsp3) is 0.370. The minimum absolute atomic E-state index is 0.176. The van der Waals surface area contributed by atoms with Crippen molar-refractivity contribution in [2.75, 3.05) is 52.2 Å². The molecule has 174 valence electrons. The summed E-state index contributed by atoms with van der Waals surface area (Å²) in [6, 6.07) is 20.1. The molecule has 33 heavy (non-hydrogen) atoms. The molecule has 2 N–H and O–H groups in total. The van der Waals surface area contributed by atoms with Crippen LogP contribution in [0.3, 0.4) is 0 Å². The van der Waals surface area contributed by atoms with Gasteiger partial charge in [-0.05, 0) is 53.1 Å². The molecule has 0 aliphatic carbocycles. The van der Waals surface area contributed by atoms with E-state index in [0.717, 1.165) is 67.0 Å². The Labute approximate surface area is 195 Å². The third-order valence-electron chi connectivity index (χ3n) is 6.43. The number of hydrogen-bond acceptors (Lipinski definition) is 6. The number of nitrogens with zero attached hydrogens (tertiary/aromatic N) is 2. The minimum atomic E-state index is -0.298. The Bertz CT molecular complexity index is 1080. The maximum atomic E-state index is 12.6. The van der Waals surface area contributed by atoms with Crippen LogP contribution >= 0.6 is 0 Å². The van der Waals surface area contributed by atoms with E-state index in [9.17, 15) is 4.79 Å². The van der Waals surface area contributed by atoms with E-state index < -0.39 is 0 Å². The first-order valence-electron chi connectivity index (χ1n) is 11.6. The van der Waals surface area contributed by atoms with E-state index >= 15 is 0 Å². The smallest absolute Gasteiger partial charge is 0.313 e. The third-order valence-corrected chi connectivity index (χ3v) is 6.43. The number of rotatable bonds is 8. The highest BCUT2D eigenvalue weighted by Crippen LogP contribution is 2.25. The molecule has 1 aliphatic heterocycles. The Morgan fingerprint density at radius 3 is 2.33 bits per heavy atom. The molecule has 3 aromatic rings. The maximum Gasteiger partial charge on any atom is 0.313 e. The first-order chi connectivity index (χ1) is 16.0. The number of fused-ring (bicyclic) bond motifs is 1. The summed E-state index contributed by atoms with van der Waals surface area (Å²) in [4.78, 5) is 17.4. The van der Waals surface area contributed by atoms with Gasteiger partial charge in [0.25, 0.3) is 0 Å². The summed E-state index contributed by atoms with van der Waals surface area (Å²) in [5.74, 6) is 0.354. The molecule has 0 saturated carbocycles. The second-order valence-corrected chi connectivity index (χ2v) is 8.72. The number of hydrogen-bond donors (Lipinski definition) is 1. The molecule has 0 radical (unpaired) electrons. The average molecular weight is 448 g/mol. The maximum absolute atomic E-state index is 12.6. The Balaban J connectivity index is 1.21. The van der Waals surface area contributed by atoms with Crippen LogP contribution in [0.5, 0.6) is 5.75 Å². The van der Waals surface area contributed by atoms with Crippen molar-refractivity contribution in [1.82, 2.24) is 9.80 Å². The molecule has 1 saturated heterocycles. The van der Waals surface area contributed by atoms with Crippen LogP contribution in [0.1, 0.15) is 24.0 Å². The molecular weight excluding hydrogens is 414 g/mol. The third kappa shape index (κ3) is 6.03. The van der Waals surface area contributed by atoms with Gasteiger partial charge in [0.15, 0.2) is 0 Å². The van der Waals surface area contributed by atoms with Gasteiger partial charge in [0, 0.05) is 45.0 Å². The summed E-state index contributed by atoms with van der Waals surface area (Å²) in [6.07, 6.45) is 0. The number of benzene rings is 3. The van der Waals surface area contributed by atoms with Crippen molar-refractivity contribution >= 4 is 22.4 Å².